The molecule has 0 radical (unpaired) electrons. The third-order valence-electron chi connectivity index (χ3n) is 13.0. The maximum atomic E-state index is 5.98. The number of rotatable bonds is 11. The predicted molar refractivity (Wildman–Crippen MR) is 328 cm³/mol. The predicted octanol–water partition coefficient (Wildman–Crippen LogP) is 18.7. The van der Waals surface area contributed by atoms with Gasteiger partial charge in [-0.05, 0) is 137 Å². The molecule has 0 fully saturated rings. The van der Waals surface area contributed by atoms with Crippen LogP contribution in [0, 0.1) is 11.8 Å². The average Bonchev–Trinajstić information content (AvgIpc) is 3.27. The van der Waals surface area contributed by atoms with Crippen LogP contribution in [0.25, 0.3) is 11.1 Å². The van der Waals surface area contributed by atoms with Gasteiger partial charge in [0.25, 0.3) is 0 Å². The van der Waals surface area contributed by atoms with Gasteiger partial charge in [-0.15, -0.1) is 18.5 Å². The lowest BCUT2D eigenvalue weighted by atomic mass is 9.80. The summed E-state index contributed by atoms with van der Waals surface area (Å²) in [7, 11) is 5.39. The highest BCUT2D eigenvalue weighted by Crippen LogP contribution is 2.39. The van der Waals surface area contributed by atoms with Gasteiger partial charge in [-0.25, -0.2) is 0 Å². The Labute approximate surface area is 455 Å². The molecule has 0 bridgehead atoms. The van der Waals surface area contributed by atoms with Gasteiger partial charge in [-0.3, -0.25) is 19.6 Å². The summed E-state index contributed by atoms with van der Waals surface area (Å²) in [6.07, 6.45) is 1.93. The first-order valence-corrected chi connectivity index (χ1v) is 28.1. The lowest BCUT2D eigenvalue weighted by molar-refractivity contribution is -0.103. The molecular formula is C68H96O4P2. The molecule has 6 aromatic carbocycles. The van der Waals surface area contributed by atoms with Gasteiger partial charge in [0.05, 0.1) is 0 Å². The highest BCUT2D eigenvalue weighted by molar-refractivity contribution is 7.27. The maximum Gasteiger partial charge on any atom is 0.182 e. The number of hydrogen-bond donors (Lipinski definition) is 0. The molecule has 6 aromatic rings. The number of benzene rings is 6. The van der Waals surface area contributed by atoms with Crippen molar-refractivity contribution in [1.29, 1.82) is 0 Å². The summed E-state index contributed by atoms with van der Waals surface area (Å²) in [5.74, 6) is 4.26. The summed E-state index contributed by atoms with van der Waals surface area (Å²) in [5.41, 5.74) is 12.8. The second-order valence-corrected chi connectivity index (χ2v) is 28.7. The molecule has 4 nitrogen and oxygen atoms in total. The van der Waals surface area contributed by atoms with E-state index >= 15 is 0 Å². The molecule has 402 valence electrons. The topological polar surface area (TPSA) is 36.9 Å². The van der Waals surface area contributed by atoms with Crippen LogP contribution in [0.15, 0.2) is 121 Å². The van der Waals surface area contributed by atoms with Gasteiger partial charge in [0.15, 0.2) is 23.0 Å². The van der Waals surface area contributed by atoms with E-state index in [0.717, 1.165) is 47.0 Å². The fourth-order valence-corrected chi connectivity index (χ4v) is 8.68. The number of hydrogen-bond acceptors (Lipinski definition) is 4. The molecule has 0 saturated carbocycles. The molecule has 0 N–H and O–H groups in total. The third-order valence-corrected chi connectivity index (χ3v) is 13.8. The van der Waals surface area contributed by atoms with Crippen molar-refractivity contribution in [1.82, 2.24) is 0 Å². The van der Waals surface area contributed by atoms with Crippen molar-refractivity contribution in [2.45, 2.75) is 198 Å². The Bertz CT molecular complexity index is 2530. The van der Waals surface area contributed by atoms with Gasteiger partial charge >= 0.3 is 0 Å². The highest BCUT2D eigenvalue weighted by atomic mass is 31.0. The molecule has 0 amide bonds. The van der Waals surface area contributed by atoms with Crippen LogP contribution in [-0.4, -0.2) is 0 Å². The maximum absolute atomic E-state index is 5.98. The minimum absolute atomic E-state index is 0.0527. The monoisotopic (exact) mass is 1040 g/mol. The van der Waals surface area contributed by atoms with Crippen LogP contribution in [0.5, 0.6) is 23.0 Å². The Kier molecular flexibility index (Phi) is 20.9. The van der Waals surface area contributed by atoms with E-state index in [1.165, 1.54) is 55.1 Å². The summed E-state index contributed by atoms with van der Waals surface area (Å²) in [6.45, 7) is 49.1. The highest BCUT2D eigenvalue weighted by Gasteiger charge is 2.27. The summed E-state index contributed by atoms with van der Waals surface area (Å²) in [4.78, 5) is 23.8. The van der Waals surface area contributed by atoms with E-state index in [-0.39, 0.29) is 32.5 Å². The smallest absolute Gasteiger partial charge is 0.182 e. The molecule has 6 heteroatoms. The van der Waals surface area contributed by atoms with Crippen LogP contribution >= 0.6 is 18.5 Å². The van der Waals surface area contributed by atoms with Crippen molar-refractivity contribution in [3.63, 3.8) is 0 Å². The SMILES string of the molecule is CC(C)(C)c1ccc(OOc2ccc(C(C)(C)C)cc2C(C)(C)C)c(C(C)(C)C)c1.CC(C)Cc1cc(C(C)(C)C)ccc1OOc1ccc(C(C)(C)C)cc1CC(C)C.Pc1ccc(-c2ccc(P)cc2)cc1. The minimum atomic E-state index is -0.0527. The quantitative estimate of drug-likeness (QED) is 0.0736. The average molecular weight is 1040 g/mol. The standard InChI is InChI=1S/2C28H42O2.C12H12P2/c1-25(2,3)19-13-15-23(21(17-19)27(7,8)9)29-30-24-16-14-20(26(4,5)6)18-22(24)28(10,11)12;1-19(2)15-21-17-23(27(5,6)7)11-13-25(21)29-30-26-14-12-24(28(8,9)10)18-22(26)16-20(3)4;13-11-5-1-9(2-6-11)10-3-7-12(14)8-4-10/h13-18H,1-12H3;11-14,17-20H,15-16H2,1-10H3;1-8H,13-14H2. The van der Waals surface area contributed by atoms with Crippen LogP contribution in [0.1, 0.15) is 197 Å². The van der Waals surface area contributed by atoms with E-state index in [1.54, 1.807) is 0 Å². The third kappa shape index (κ3) is 18.9. The minimum Gasteiger partial charge on any atom is -0.290 e. The second-order valence-electron chi connectivity index (χ2n) is 27.3. The van der Waals surface area contributed by atoms with Crippen molar-refractivity contribution in [2.75, 3.05) is 0 Å². The molecule has 2 unspecified atom stereocenters. The molecule has 0 spiro atoms. The molecule has 74 heavy (non-hydrogen) atoms. The van der Waals surface area contributed by atoms with Gasteiger partial charge in [0, 0.05) is 11.1 Å². The van der Waals surface area contributed by atoms with Crippen LogP contribution < -0.4 is 30.2 Å². The van der Waals surface area contributed by atoms with Gasteiger partial charge in [-0.2, -0.15) is 0 Å². The first-order valence-electron chi connectivity index (χ1n) is 26.9. The normalized spacial score (nSPS) is 12.4. The van der Waals surface area contributed by atoms with E-state index in [1.807, 2.05) is 12.1 Å². The Hall–Kier alpha value is -4.62. The summed E-state index contributed by atoms with van der Waals surface area (Å²) < 4.78 is 0. The van der Waals surface area contributed by atoms with Crippen molar-refractivity contribution in [3.8, 4) is 34.1 Å². The van der Waals surface area contributed by atoms with Crippen molar-refractivity contribution >= 4 is 29.1 Å². The Morgan fingerprint density at radius 2 is 0.554 bits per heavy atom. The summed E-state index contributed by atoms with van der Waals surface area (Å²) >= 11 is 0. The van der Waals surface area contributed by atoms with E-state index < -0.39 is 0 Å². The zero-order valence-corrected chi connectivity index (χ0v) is 52.2. The fraction of sp³-hybridized carbons (Fsp3) is 0.471. The van der Waals surface area contributed by atoms with Gasteiger partial charge < -0.3 is 0 Å². The molecule has 2 atom stereocenters. The van der Waals surface area contributed by atoms with Crippen molar-refractivity contribution < 1.29 is 19.6 Å². The molecule has 0 aliphatic carbocycles. The fourth-order valence-electron chi connectivity index (χ4n) is 8.29. The Morgan fingerprint density at radius 3 is 0.797 bits per heavy atom. The molecule has 0 heterocycles. The molecule has 0 aromatic heterocycles. The van der Waals surface area contributed by atoms with E-state index in [4.69, 9.17) is 19.6 Å². The van der Waals surface area contributed by atoms with Gasteiger partial charge in [0.1, 0.15) is 0 Å². The zero-order valence-electron chi connectivity index (χ0n) is 49.9. The Morgan fingerprint density at radius 1 is 0.311 bits per heavy atom. The van der Waals surface area contributed by atoms with Gasteiger partial charge in [-0.1, -0.05) is 249 Å². The van der Waals surface area contributed by atoms with Crippen LogP contribution in [0.4, 0.5) is 0 Å². The molecule has 0 aliphatic rings. The first kappa shape index (κ1) is 61.9. The van der Waals surface area contributed by atoms with Crippen LogP contribution in [0.3, 0.4) is 0 Å². The first-order chi connectivity index (χ1) is 33.9. The van der Waals surface area contributed by atoms with Crippen LogP contribution in [-0.2, 0) is 45.3 Å². The van der Waals surface area contributed by atoms with Crippen LogP contribution in [0.2, 0.25) is 0 Å². The van der Waals surface area contributed by atoms with E-state index in [9.17, 15) is 0 Å². The van der Waals surface area contributed by atoms with Crippen molar-refractivity contribution in [3.05, 3.63) is 166 Å². The van der Waals surface area contributed by atoms with Crippen molar-refractivity contribution in [2.24, 2.45) is 11.8 Å². The molecule has 0 aliphatic heterocycles. The van der Waals surface area contributed by atoms with Gasteiger partial charge in [0.2, 0.25) is 0 Å². The lowest BCUT2D eigenvalue weighted by Crippen LogP contribution is -2.20. The molecular weight excluding hydrogens is 943 g/mol. The second kappa shape index (κ2) is 25.0. The molecule has 6 rings (SSSR count). The van der Waals surface area contributed by atoms with E-state index in [0.29, 0.717) is 11.8 Å². The Balaban J connectivity index is 0.000000255. The molecule has 0 saturated heterocycles. The summed E-state index contributed by atoms with van der Waals surface area (Å²) in [5, 5.41) is 2.44. The zero-order chi connectivity index (χ0) is 55.8. The largest absolute Gasteiger partial charge is 0.290 e. The lowest BCUT2D eigenvalue weighted by Gasteiger charge is -2.28. The van der Waals surface area contributed by atoms with E-state index in [2.05, 4.69) is 280 Å². The summed E-state index contributed by atoms with van der Waals surface area (Å²) in [6, 6.07) is 42.8.